The Morgan fingerprint density at radius 3 is 2.75 bits per heavy atom. The Kier molecular flexibility index (Phi) is 6.20. The molecule has 1 heterocycles. The third-order valence-corrected chi connectivity index (χ3v) is 3.24. The summed E-state index contributed by atoms with van der Waals surface area (Å²) < 4.78 is 13.2. The molecule has 2 aromatic rings. The van der Waals surface area contributed by atoms with Crippen LogP contribution in [0.1, 0.15) is 22.7 Å². The molecule has 2 rings (SSSR count). The van der Waals surface area contributed by atoms with Crippen molar-refractivity contribution in [1.29, 1.82) is 0 Å². The van der Waals surface area contributed by atoms with Crippen LogP contribution in [-0.4, -0.2) is 48.0 Å². The summed E-state index contributed by atoms with van der Waals surface area (Å²) in [6.07, 6.45) is 0.858. The van der Waals surface area contributed by atoms with E-state index in [0.29, 0.717) is 23.9 Å². The van der Waals surface area contributed by atoms with E-state index in [1.54, 1.807) is 25.1 Å². The highest BCUT2D eigenvalue weighted by Gasteiger charge is 2.10. The van der Waals surface area contributed by atoms with Gasteiger partial charge in [0.2, 0.25) is 0 Å². The highest BCUT2D eigenvalue weighted by Crippen LogP contribution is 2.16. The molecule has 0 aliphatic heterocycles. The summed E-state index contributed by atoms with van der Waals surface area (Å²) in [5.41, 5.74) is 0.844. The number of carbonyl (C=O) groups excluding carboxylic acids is 1. The molecule has 128 valence electrons. The van der Waals surface area contributed by atoms with Crippen LogP contribution in [0.25, 0.3) is 0 Å². The quantitative estimate of drug-likeness (QED) is 0.762. The van der Waals surface area contributed by atoms with Gasteiger partial charge in [0.1, 0.15) is 23.2 Å². The van der Waals surface area contributed by atoms with Gasteiger partial charge in [-0.25, -0.2) is 14.4 Å². The minimum atomic E-state index is -0.343. The fraction of sp³-hybridized carbons (Fsp3) is 0.353. The van der Waals surface area contributed by atoms with Gasteiger partial charge in [0.05, 0.1) is 0 Å². The monoisotopic (exact) mass is 331 g/mol. The van der Waals surface area contributed by atoms with E-state index in [2.05, 4.69) is 25.5 Å². The molecule has 0 atom stereocenters. The summed E-state index contributed by atoms with van der Waals surface area (Å²) in [7, 11) is 3.97. The lowest BCUT2D eigenvalue weighted by molar-refractivity contribution is 0.0947. The van der Waals surface area contributed by atoms with Gasteiger partial charge >= 0.3 is 0 Å². The van der Waals surface area contributed by atoms with Gasteiger partial charge in [-0.05, 0) is 52.2 Å². The van der Waals surface area contributed by atoms with E-state index in [1.165, 1.54) is 12.1 Å². The highest BCUT2D eigenvalue weighted by molar-refractivity contribution is 5.93. The topological polar surface area (TPSA) is 70.2 Å². The van der Waals surface area contributed by atoms with E-state index in [-0.39, 0.29) is 17.4 Å². The van der Waals surface area contributed by atoms with Crippen molar-refractivity contribution in [2.24, 2.45) is 0 Å². The van der Waals surface area contributed by atoms with Crippen molar-refractivity contribution in [1.82, 2.24) is 20.2 Å². The molecule has 0 fully saturated rings. The number of halogens is 1. The maximum atomic E-state index is 13.2. The number of hydrogen-bond acceptors (Lipinski definition) is 5. The molecular formula is C17H22FN5O. The normalized spacial score (nSPS) is 10.7. The van der Waals surface area contributed by atoms with E-state index in [1.807, 2.05) is 14.1 Å². The third-order valence-electron chi connectivity index (χ3n) is 3.24. The lowest BCUT2D eigenvalue weighted by Crippen LogP contribution is -2.28. The predicted octanol–water partition coefficient (Wildman–Crippen LogP) is 2.35. The Labute approximate surface area is 141 Å². The number of amides is 1. The second-order valence-electron chi connectivity index (χ2n) is 5.73. The first kappa shape index (κ1) is 17.8. The largest absolute Gasteiger partial charge is 0.351 e. The van der Waals surface area contributed by atoms with Crippen molar-refractivity contribution in [3.8, 4) is 0 Å². The van der Waals surface area contributed by atoms with Gasteiger partial charge in [-0.15, -0.1) is 0 Å². The molecule has 0 spiro atoms. The Balaban J connectivity index is 2.03. The molecule has 24 heavy (non-hydrogen) atoms. The van der Waals surface area contributed by atoms with Crippen molar-refractivity contribution in [3.63, 3.8) is 0 Å². The molecule has 1 amide bonds. The third kappa shape index (κ3) is 5.58. The Morgan fingerprint density at radius 2 is 2.04 bits per heavy atom. The zero-order chi connectivity index (χ0) is 17.5. The van der Waals surface area contributed by atoms with Crippen LogP contribution in [0.4, 0.5) is 15.9 Å². The van der Waals surface area contributed by atoms with Gasteiger partial charge in [-0.1, -0.05) is 6.07 Å². The van der Waals surface area contributed by atoms with Crippen molar-refractivity contribution in [2.45, 2.75) is 13.3 Å². The standard InChI is InChI=1S/C17H22FN5O/c1-12-20-15(17(24)19-8-5-9-23(2)3)11-16(21-12)22-14-7-4-6-13(18)10-14/h4,6-7,10-11H,5,8-9H2,1-3H3,(H,19,24)(H,20,21,22). The number of benzene rings is 1. The Hall–Kier alpha value is -2.54. The SMILES string of the molecule is Cc1nc(Nc2cccc(F)c2)cc(C(=O)NCCCN(C)C)n1. The fourth-order valence-electron chi connectivity index (χ4n) is 2.15. The van der Waals surface area contributed by atoms with Gasteiger partial charge < -0.3 is 15.5 Å². The lowest BCUT2D eigenvalue weighted by Gasteiger charge is -2.11. The molecule has 1 aromatic carbocycles. The first-order chi connectivity index (χ1) is 11.4. The van der Waals surface area contributed by atoms with Gasteiger partial charge in [-0.2, -0.15) is 0 Å². The summed E-state index contributed by atoms with van der Waals surface area (Å²) in [5.74, 6) is 0.326. The maximum absolute atomic E-state index is 13.2. The molecule has 0 aliphatic carbocycles. The van der Waals surface area contributed by atoms with Crippen LogP contribution in [0.5, 0.6) is 0 Å². The first-order valence-corrected chi connectivity index (χ1v) is 7.75. The second kappa shape index (κ2) is 8.35. The maximum Gasteiger partial charge on any atom is 0.270 e. The van der Waals surface area contributed by atoms with Crippen LogP contribution < -0.4 is 10.6 Å². The number of aromatic nitrogens is 2. The van der Waals surface area contributed by atoms with Crippen LogP contribution >= 0.6 is 0 Å². The average molecular weight is 331 g/mol. The number of nitrogens with one attached hydrogen (secondary N) is 2. The van der Waals surface area contributed by atoms with Crippen LogP contribution in [0.15, 0.2) is 30.3 Å². The van der Waals surface area contributed by atoms with Crippen molar-refractivity contribution in [3.05, 3.63) is 47.7 Å². The molecule has 0 radical (unpaired) electrons. The fourth-order valence-corrected chi connectivity index (χ4v) is 2.15. The minimum absolute atomic E-state index is 0.249. The van der Waals surface area contributed by atoms with E-state index in [9.17, 15) is 9.18 Å². The van der Waals surface area contributed by atoms with E-state index in [0.717, 1.165) is 13.0 Å². The Bertz CT molecular complexity index is 705. The number of aryl methyl sites for hydroxylation is 1. The summed E-state index contributed by atoms with van der Waals surface area (Å²) >= 11 is 0. The smallest absolute Gasteiger partial charge is 0.270 e. The zero-order valence-corrected chi connectivity index (χ0v) is 14.1. The van der Waals surface area contributed by atoms with Crippen LogP contribution in [-0.2, 0) is 0 Å². The number of nitrogens with zero attached hydrogens (tertiary/aromatic N) is 3. The summed E-state index contributed by atoms with van der Waals surface area (Å²) in [5, 5.41) is 5.82. The molecule has 0 bridgehead atoms. The van der Waals surface area contributed by atoms with Gasteiger partial charge in [0, 0.05) is 18.3 Å². The van der Waals surface area contributed by atoms with Crippen molar-refractivity contribution < 1.29 is 9.18 Å². The summed E-state index contributed by atoms with van der Waals surface area (Å²) in [4.78, 5) is 22.6. The number of carbonyl (C=O) groups is 1. The van der Waals surface area contributed by atoms with Gasteiger partial charge in [0.25, 0.3) is 5.91 Å². The first-order valence-electron chi connectivity index (χ1n) is 7.75. The average Bonchev–Trinajstić information content (AvgIpc) is 2.50. The molecule has 0 unspecified atom stereocenters. The Morgan fingerprint density at radius 1 is 1.25 bits per heavy atom. The van der Waals surface area contributed by atoms with Crippen molar-refractivity contribution in [2.75, 3.05) is 32.5 Å². The molecule has 6 nitrogen and oxygen atoms in total. The number of rotatable bonds is 7. The highest BCUT2D eigenvalue weighted by atomic mass is 19.1. The molecule has 1 aromatic heterocycles. The molecule has 0 saturated carbocycles. The van der Waals surface area contributed by atoms with Gasteiger partial charge in [0.15, 0.2) is 0 Å². The molecule has 0 aliphatic rings. The van der Waals surface area contributed by atoms with Crippen molar-refractivity contribution >= 4 is 17.4 Å². The van der Waals surface area contributed by atoms with E-state index >= 15 is 0 Å². The molecule has 7 heteroatoms. The number of anilines is 2. The second-order valence-corrected chi connectivity index (χ2v) is 5.73. The molecule has 0 saturated heterocycles. The predicted molar refractivity (Wildman–Crippen MR) is 92.0 cm³/mol. The van der Waals surface area contributed by atoms with Gasteiger partial charge in [-0.3, -0.25) is 4.79 Å². The molecular weight excluding hydrogens is 309 g/mol. The van der Waals surface area contributed by atoms with Crippen LogP contribution in [0.3, 0.4) is 0 Å². The molecule has 2 N–H and O–H groups in total. The number of hydrogen-bond donors (Lipinski definition) is 2. The summed E-state index contributed by atoms with van der Waals surface area (Å²) in [6, 6.07) is 7.60. The van der Waals surface area contributed by atoms with E-state index in [4.69, 9.17) is 0 Å². The van der Waals surface area contributed by atoms with E-state index < -0.39 is 0 Å². The van der Waals surface area contributed by atoms with Crippen LogP contribution in [0, 0.1) is 12.7 Å². The van der Waals surface area contributed by atoms with Crippen LogP contribution in [0.2, 0.25) is 0 Å². The lowest BCUT2D eigenvalue weighted by atomic mass is 10.3. The minimum Gasteiger partial charge on any atom is -0.351 e. The summed E-state index contributed by atoms with van der Waals surface area (Å²) in [6.45, 7) is 3.18. The zero-order valence-electron chi connectivity index (χ0n) is 14.1.